The van der Waals surface area contributed by atoms with Crippen LogP contribution < -0.4 is 14.8 Å². The molecule has 0 spiro atoms. The van der Waals surface area contributed by atoms with Gasteiger partial charge in [0.15, 0.2) is 0 Å². The third kappa shape index (κ3) is 5.14. The lowest BCUT2D eigenvalue weighted by atomic mass is 10.1. The standard InChI is InChI=1S/C22H22N2O4S/c1-16(17-10-14-20(28-2)15-11-17)23-22(25)18-8-12-19(13-9-18)24-29(26,27)21-6-4-3-5-7-21/h3-16,24H,1-2H3,(H,23,25)/t16-/m0/s1. The topological polar surface area (TPSA) is 84.5 Å². The van der Waals surface area contributed by atoms with Gasteiger partial charge < -0.3 is 10.1 Å². The molecule has 0 fully saturated rings. The summed E-state index contributed by atoms with van der Waals surface area (Å²) < 4.78 is 32.4. The van der Waals surface area contributed by atoms with Crippen LogP contribution >= 0.6 is 0 Å². The van der Waals surface area contributed by atoms with E-state index in [2.05, 4.69) is 10.0 Å². The molecule has 150 valence electrons. The number of carbonyl (C=O) groups is 1. The highest BCUT2D eigenvalue weighted by Gasteiger charge is 2.15. The van der Waals surface area contributed by atoms with Crippen molar-refractivity contribution in [1.29, 1.82) is 0 Å². The second kappa shape index (κ2) is 8.79. The zero-order valence-electron chi connectivity index (χ0n) is 16.1. The molecule has 29 heavy (non-hydrogen) atoms. The summed E-state index contributed by atoms with van der Waals surface area (Å²) in [5.41, 5.74) is 1.77. The summed E-state index contributed by atoms with van der Waals surface area (Å²) in [5, 5.41) is 2.93. The maximum Gasteiger partial charge on any atom is 0.261 e. The van der Waals surface area contributed by atoms with E-state index in [-0.39, 0.29) is 16.8 Å². The van der Waals surface area contributed by atoms with Gasteiger partial charge in [-0.15, -0.1) is 0 Å². The first kappa shape index (κ1) is 20.4. The smallest absolute Gasteiger partial charge is 0.261 e. The Labute approximate surface area is 170 Å². The van der Waals surface area contributed by atoms with Gasteiger partial charge in [-0.3, -0.25) is 9.52 Å². The van der Waals surface area contributed by atoms with Gasteiger partial charge in [-0.2, -0.15) is 0 Å². The van der Waals surface area contributed by atoms with E-state index >= 15 is 0 Å². The molecule has 0 aliphatic heterocycles. The summed E-state index contributed by atoms with van der Waals surface area (Å²) >= 11 is 0. The van der Waals surface area contributed by atoms with E-state index in [0.29, 0.717) is 11.3 Å². The van der Waals surface area contributed by atoms with Crippen molar-refractivity contribution in [1.82, 2.24) is 5.32 Å². The van der Waals surface area contributed by atoms with E-state index in [1.54, 1.807) is 49.6 Å². The number of nitrogens with one attached hydrogen (secondary N) is 2. The molecule has 0 saturated carbocycles. The van der Waals surface area contributed by atoms with Crippen molar-refractivity contribution in [2.24, 2.45) is 0 Å². The number of benzene rings is 3. The third-order valence-corrected chi connectivity index (χ3v) is 5.81. The molecule has 0 radical (unpaired) electrons. The molecule has 0 aliphatic carbocycles. The number of hydrogen-bond donors (Lipinski definition) is 2. The Hall–Kier alpha value is -3.32. The zero-order valence-corrected chi connectivity index (χ0v) is 16.9. The Morgan fingerprint density at radius 1 is 0.897 bits per heavy atom. The monoisotopic (exact) mass is 410 g/mol. The van der Waals surface area contributed by atoms with Gasteiger partial charge in [-0.05, 0) is 61.0 Å². The minimum absolute atomic E-state index is 0.176. The summed E-state index contributed by atoms with van der Waals surface area (Å²) in [6, 6.07) is 21.7. The highest BCUT2D eigenvalue weighted by Crippen LogP contribution is 2.19. The van der Waals surface area contributed by atoms with Crippen LogP contribution in [0, 0.1) is 0 Å². The quantitative estimate of drug-likeness (QED) is 0.617. The summed E-state index contributed by atoms with van der Waals surface area (Å²) in [4.78, 5) is 12.7. The molecule has 0 aromatic heterocycles. The second-order valence-electron chi connectivity index (χ2n) is 6.46. The second-order valence-corrected chi connectivity index (χ2v) is 8.15. The van der Waals surface area contributed by atoms with Crippen molar-refractivity contribution in [2.75, 3.05) is 11.8 Å². The van der Waals surface area contributed by atoms with Crippen molar-refractivity contribution in [3.05, 3.63) is 90.0 Å². The first-order valence-corrected chi connectivity index (χ1v) is 10.5. The molecule has 0 heterocycles. The van der Waals surface area contributed by atoms with Crippen LogP contribution in [-0.2, 0) is 10.0 Å². The van der Waals surface area contributed by atoms with Crippen LogP contribution in [0.4, 0.5) is 5.69 Å². The van der Waals surface area contributed by atoms with Crippen LogP contribution in [0.1, 0.15) is 28.9 Å². The Morgan fingerprint density at radius 3 is 2.10 bits per heavy atom. The number of sulfonamides is 1. The number of rotatable bonds is 7. The van der Waals surface area contributed by atoms with Crippen LogP contribution in [0.15, 0.2) is 83.8 Å². The Kier molecular flexibility index (Phi) is 6.19. The van der Waals surface area contributed by atoms with Crippen LogP contribution in [0.5, 0.6) is 5.75 Å². The Morgan fingerprint density at radius 2 is 1.52 bits per heavy atom. The molecule has 1 atom stereocenters. The fraction of sp³-hybridized carbons (Fsp3) is 0.136. The van der Waals surface area contributed by atoms with Crippen molar-refractivity contribution in [3.8, 4) is 5.75 Å². The molecular weight excluding hydrogens is 388 g/mol. The summed E-state index contributed by atoms with van der Waals surface area (Å²) in [6.45, 7) is 1.89. The first-order chi connectivity index (χ1) is 13.9. The molecule has 6 nitrogen and oxygen atoms in total. The molecule has 0 bridgehead atoms. The van der Waals surface area contributed by atoms with Gasteiger partial charge in [0.2, 0.25) is 0 Å². The summed E-state index contributed by atoms with van der Waals surface area (Å²) in [7, 11) is -2.07. The first-order valence-electron chi connectivity index (χ1n) is 9.02. The van der Waals surface area contributed by atoms with E-state index in [0.717, 1.165) is 11.3 Å². The fourth-order valence-electron chi connectivity index (χ4n) is 2.76. The van der Waals surface area contributed by atoms with E-state index in [9.17, 15) is 13.2 Å². The number of amides is 1. The van der Waals surface area contributed by atoms with E-state index in [1.165, 1.54) is 12.1 Å². The SMILES string of the molecule is COc1ccc([C@H](C)NC(=O)c2ccc(NS(=O)(=O)c3ccccc3)cc2)cc1. The highest BCUT2D eigenvalue weighted by molar-refractivity contribution is 7.92. The number of hydrogen-bond acceptors (Lipinski definition) is 4. The van der Waals surface area contributed by atoms with Gasteiger partial charge in [-0.25, -0.2) is 8.42 Å². The molecule has 0 aliphatic rings. The van der Waals surface area contributed by atoms with Crippen LogP contribution in [-0.4, -0.2) is 21.4 Å². The summed E-state index contributed by atoms with van der Waals surface area (Å²) in [5.74, 6) is 0.506. The number of methoxy groups -OCH3 is 1. The van der Waals surface area contributed by atoms with Crippen LogP contribution in [0.2, 0.25) is 0 Å². The molecular formula is C22H22N2O4S. The predicted molar refractivity (Wildman–Crippen MR) is 113 cm³/mol. The van der Waals surface area contributed by atoms with E-state index < -0.39 is 10.0 Å². The number of ether oxygens (including phenoxy) is 1. The van der Waals surface area contributed by atoms with Crippen LogP contribution in [0.3, 0.4) is 0 Å². The number of carbonyl (C=O) groups excluding carboxylic acids is 1. The fourth-order valence-corrected chi connectivity index (χ4v) is 3.84. The average molecular weight is 410 g/mol. The lowest BCUT2D eigenvalue weighted by Gasteiger charge is -2.15. The van der Waals surface area contributed by atoms with Crippen molar-refractivity contribution in [2.45, 2.75) is 17.9 Å². The van der Waals surface area contributed by atoms with E-state index in [1.807, 2.05) is 31.2 Å². The van der Waals surface area contributed by atoms with Crippen molar-refractivity contribution in [3.63, 3.8) is 0 Å². The molecule has 1 amide bonds. The van der Waals surface area contributed by atoms with Gasteiger partial charge in [-0.1, -0.05) is 30.3 Å². The van der Waals surface area contributed by atoms with Gasteiger partial charge >= 0.3 is 0 Å². The number of anilines is 1. The molecule has 0 unspecified atom stereocenters. The van der Waals surface area contributed by atoms with Gasteiger partial charge in [0.1, 0.15) is 5.75 Å². The maximum atomic E-state index is 12.5. The van der Waals surface area contributed by atoms with Gasteiger partial charge in [0.05, 0.1) is 18.0 Å². The molecule has 3 rings (SSSR count). The molecule has 3 aromatic rings. The van der Waals surface area contributed by atoms with Gasteiger partial charge in [0.25, 0.3) is 15.9 Å². The maximum absolute atomic E-state index is 12.5. The Balaban J connectivity index is 1.65. The minimum atomic E-state index is -3.67. The van der Waals surface area contributed by atoms with Crippen molar-refractivity contribution < 1.29 is 17.9 Å². The van der Waals surface area contributed by atoms with Crippen LogP contribution in [0.25, 0.3) is 0 Å². The highest BCUT2D eigenvalue weighted by atomic mass is 32.2. The zero-order chi connectivity index (χ0) is 20.9. The largest absolute Gasteiger partial charge is 0.497 e. The van der Waals surface area contributed by atoms with Crippen molar-refractivity contribution >= 4 is 21.6 Å². The Bertz CT molecular complexity index is 1060. The molecule has 2 N–H and O–H groups in total. The van der Waals surface area contributed by atoms with E-state index in [4.69, 9.17) is 4.74 Å². The molecule has 3 aromatic carbocycles. The minimum Gasteiger partial charge on any atom is -0.497 e. The lowest BCUT2D eigenvalue weighted by Crippen LogP contribution is -2.26. The lowest BCUT2D eigenvalue weighted by molar-refractivity contribution is 0.0940. The molecule has 0 saturated heterocycles. The average Bonchev–Trinajstić information content (AvgIpc) is 2.74. The summed E-state index contributed by atoms with van der Waals surface area (Å²) in [6.07, 6.45) is 0. The normalized spacial score (nSPS) is 12.1. The van der Waals surface area contributed by atoms with Gasteiger partial charge in [0, 0.05) is 11.3 Å². The predicted octanol–water partition coefficient (Wildman–Crippen LogP) is 3.99. The third-order valence-electron chi connectivity index (χ3n) is 4.42. The molecule has 7 heteroatoms.